The van der Waals surface area contributed by atoms with E-state index in [1.165, 1.54) is 0 Å². The predicted octanol–water partition coefficient (Wildman–Crippen LogP) is 1.11. The standard InChI is InChI=1S/C10H15NO3/c1-13-8-3-4-10(14-2)9(7-8)11-5-6-12/h3-4,7,11-12H,5-6H2,1-2H3. The lowest BCUT2D eigenvalue weighted by atomic mass is 10.2. The molecular weight excluding hydrogens is 182 g/mol. The Morgan fingerprint density at radius 2 is 2.07 bits per heavy atom. The van der Waals surface area contributed by atoms with Gasteiger partial charge in [-0.15, -0.1) is 0 Å². The minimum absolute atomic E-state index is 0.0837. The lowest BCUT2D eigenvalue weighted by Crippen LogP contribution is -2.06. The van der Waals surface area contributed by atoms with E-state index in [4.69, 9.17) is 14.6 Å². The number of aliphatic hydroxyl groups is 1. The number of anilines is 1. The van der Waals surface area contributed by atoms with Crippen molar-refractivity contribution in [2.24, 2.45) is 0 Å². The van der Waals surface area contributed by atoms with E-state index in [0.29, 0.717) is 6.54 Å². The molecule has 0 radical (unpaired) electrons. The molecule has 1 aromatic rings. The molecule has 0 spiro atoms. The van der Waals surface area contributed by atoms with Crippen molar-refractivity contribution in [2.75, 3.05) is 32.7 Å². The second-order valence-corrected chi connectivity index (χ2v) is 2.72. The maximum absolute atomic E-state index is 8.68. The molecule has 14 heavy (non-hydrogen) atoms. The Kier molecular flexibility index (Phi) is 4.07. The smallest absolute Gasteiger partial charge is 0.142 e. The molecule has 0 aliphatic carbocycles. The Labute approximate surface area is 83.5 Å². The van der Waals surface area contributed by atoms with Crippen LogP contribution in [0.5, 0.6) is 11.5 Å². The second kappa shape index (κ2) is 5.34. The monoisotopic (exact) mass is 197 g/mol. The zero-order chi connectivity index (χ0) is 10.4. The third-order valence-corrected chi connectivity index (χ3v) is 1.83. The van der Waals surface area contributed by atoms with Gasteiger partial charge in [-0.3, -0.25) is 0 Å². The van der Waals surface area contributed by atoms with Gasteiger partial charge in [0.15, 0.2) is 0 Å². The number of aliphatic hydroxyl groups excluding tert-OH is 1. The Morgan fingerprint density at radius 1 is 1.29 bits per heavy atom. The maximum atomic E-state index is 8.68. The van der Waals surface area contributed by atoms with Gasteiger partial charge in [0.2, 0.25) is 0 Å². The quantitative estimate of drug-likeness (QED) is 0.742. The largest absolute Gasteiger partial charge is 0.497 e. The number of methoxy groups -OCH3 is 2. The number of rotatable bonds is 5. The predicted molar refractivity (Wildman–Crippen MR) is 55.1 cm³/mol. The summed E-state index contributed by atoms with van der Waals surface area (Å²) in [6.45, 7) is 0.573. The summed E-state index contributed by atoms with van der Waals surface area (Å²) < 4.78 is 10.2. The molecular formula is C10H15NO3. The fourth-order valence-corrected chi connectivity index (χ4v) is 1.14. The molecule has 4 heteroatoms. The first-order valence-electron chi connectivity index (χ1n) is 4.38. The van der Waals surface area contributed by atoms with Crippen LogP contribution in [0.3, 0.4) is 0 Å². The van der Waals surface area contributed by atoms with E-state index in [2.05, 4.69) is 5.32 Å². The first kappa shape index (κ1) is 10.7. The van der Waals surface area contributed by atoms with Gasteiger partial charge in [-0.25, -0.2) is 0 Å². The molecule has 2 N–H and O–H groups in total. The van der Waals surface area contributed by atoms with Crippen molar-refractivity contribution in [3.05, 3.63) is 18.2 Å². The van der Waals surface area contributed by atoms with E-state index in [-0.39, 0.29) is 6.61 Å². The molecule has 0 atom stereocenters. The van der Waals surface area contributed by atoms with Gasteiger partial charge in [-0.2, -0.15) is 0 Å². The van der Waals surface area contributed by atoms with Crippen LogP contribution in [-0.2, 0) is 0 Å². The molecule has 4 nitrogen and oxygen atoms in total. The molecule has 0 amide bonds. The average Bonchev–Trinajstić information content (AvgIpc) is 2.25. The summed E-state index contributed by atoms with van der Waals surface area (Å²) >= 11 is 0. The molecule has 0 unspecified atom stereocenters. The fourth-order valence-electron chi connectivity index (χ4n) is 1.14. The molecule has 0 heterocycles. The van der Waals surface area contributed by atoms with Crippen molar-refractivity contribution in [3.63, 3.8) is 0 Å². The summed E-state index contributed by atoms with van der Waals surface area (Å²) in [5.41, 5.74) is 0.820. The van der Waals surface area contributed by atoms with Crippen LogP contribution in [-0.4, -0.2) is 32.5 Å². The molecule has 0 saturated heterocycles. The van der Waals surface area contributed by atoms with Crippen molar-refractivity contribution < 1.29 is 14.6 Å². The first-order valence-corrected chi connectivity index (χ1v) is 4.38. The molecule has 78 valence electrons. The molecule has 0 fully saturated rings. The minimum Gasteiger partial charge on any atom is -0.497 e. The summed E-state index contributed by atoms with van der Waals surface area (Å²) in [7, 11) is 3.21. The summed E-state index contributed by atoms with van der Waals surface area (Å²) in [5, 5.41) is 11.7. The van der Waals surface area contributed by atoms with E-state index < -0.39 is 0 Å². The first-order chi connectivity index (χ1) is 6.81. The Bertz CT molecular complexity index is 289. The average molecular weight is 197 g/mol. The van der Waals surface area contributed by atoms with Crippen LogP contribution in [0.15, 0.2) is 18.2 Å². The molecule has 0 bridgehead atoms. The fraction of sp³-hybridized carbons (Fsp3) is 0.400. The summed E-state index contributed by atoms with van der Waals surface area (Å²) in [6.07, 6.45) is 0. The van der Waals surface area contributed by atoms with E-state index in [1.54, 1.807) is 14.2 Å². The van der Waals surface area contributed by atoms with Gasteiger partial charge in [-0.1, -0.05) is 0 Å². The topological polar surface area (TPSA) is 50.7 Å². The normalized spacial score (nSPS) is 9.64. The summed E-state index contributed by atoms with van der Waals surface area (Å²) in [5.74, 6) is 1.49. The van der Waals surface area contributed by atoms with Gasteiger partial charge < -0.3 is 19.9 Å². The third-order valence-electron chi connectivity index (χ3n) is 1.83. The van der Waals surface area contributed by atoms with E-state index >= 15 is 0 Å². The highest BCUT2D eigenvalue weighted by molar-refractivity contribution is 5.59. The van der Waals surface area contributed by atoms with E-state index in [1.807, 2.05) is 18.2 Å². The van der Waals surface area contributed by atoms with Crippen molar-refractivity contribution in [1.82, 2.24) is 0 Å². The lowest BCUT2D eigenvalue weighted by molar-refractivity contribution is 0.310. The van der Waals surface area contributed by atoms with Crippen LogP contribution in [0.1, 0.15) is 0 Å². The molecule has 0 aliphatic rings. The third kappa shape index (κ3) is 2.53. The van der Waals surface area contributed by atoms with Gasteiger partial charge in [0, 0.05) is 12.6 Å². The highest BCUT2D eigenvalue weighted by Crippen LogP contribution is 2.28. The summed E-state index contributed by atoms with van der Waals surface area (Å²) in [4.78, 5) is 0. The van der Waals surface area contributed by atoms with Crippen LogP contribution in [0.2, 0.25) is 0 Å². The number of hydrogen-bond donors (Lipinski definition) is 2. The van der Waals surface area contributed by atoms with E-state index in [0.717, 1.165) is 17.2 Å². The van der Waals surface area contributed by atoms with Crippen LogP contribution in [0, 0.1) is 0 Å². The minimum atomic E-state index is 0.0837. The van der Waals surface area contributed by atoms with Gasteiger partial charge in [0.05, 0.1) is 26.5 Å². The van der Waals surface area contributed by atoms with Crippen LogP contribution in [0.25, 0.3) is 0 Å². The van der Waals surface area contributed by atoms with Gasteiger partial charge in [0.25, 0.3) is 0 Å². The molecule has 0 saturated carbocycles. The van der Waals surface area contributed by atoms with Crippen molar-refractivity contribution in [3.8, 4) is 11.5 Å². The van der Waals surface area contributed by atoms with Crippen LogP contribution < -0.4 is 14.8 Å². The van der Waals surface area contributed by atoms with E-state index in [9.17, 15) is 0 Å². The van der Waals surface area contributed by atoms with Crippen LogP contribution in [0.4, 0.5) is 5.69 Å². The van der Waals surface area contributed by atoms with Crippen molar-refractivity contribution in [1.29, 1.82) is 0 Å². The SMILES string of the molecule is COc1ccc(OC)c(NCCO)c1. The Hall–Kier alpha value is -1.42. The Balaban J connectivity index is 2.84. The zero-order valence-corrected chi connectivity index (χ0v) is 8.41. The highest BCUT2D eigenvalue weighted by atomic mass is 16.5. The zero-order valence-electron chi connectivity index (χ0n) is 8.41. The number of ether oxygens (including phenoxy) is 2. The van der Waals surface area contributed by atoms with Gasteiger partial charge >= 0.3 is 0 Å². The molecule has 1 aromatic carbocycles. The van der Waals surface area contributed by atoms with Crippen molar-refractivity contribution in [2.45, 2.75) is 0 Å². The van der Waals surface area contributed by atoms with Crippen LogP contribution >= 0.6 is 0 Å². The highest BCUT2D eigenvalue weighted by Gasteiger charge is 2.03. The molecule has 0 aromatic heterocycles. The van der Waals surface area contributed by atoms with Crippen molar-refractivity contribution >= 4 is 5.69 Å². The van der Waals surface area contributed by atoms with Gasteiger partial charge in [-0.05, 0) is 12.1 Å². The number of benzene rings is 1. The number of hydrogen-bond acceptors (Lipinski definition) is 4. The number of nitrogens with one attached hydrogen (secondary N) is 1. The summed E-state index contributed by atoms with van der Waals surface area (Å²) in [6, 6.07) is 5.47. The molecule has 0 aliphatic heterocycles. The van der Waals surface area contributed by atoms with Gasteiger partial charge in [0.1, 0.15) is 11.5 Å². The lowest BCUT2D eigenvalue weighted by Gasteiger charge is -2.11. The Morgan fingerprint density at radius 3 is 2.64 bits per heavy atom. The second-order valence-electron chi connectivity index (χ2n) is 2.72. The maximum Gasteiger partial charge on any atom is 0.142 e. The molecule has 1 rings (SSSR count).